The lowest BCUT2D eigenvalue weighted by atomic mass is 9.90. The largest absolute Gasteiger partial charge is 0.314 e. The molecular weight excluding hydrogens is 268 g/mol. The van der Waals surface area contributed by atoms with Gasteiger partial charge in [-0.05, 0) is 47.6 Å². The van der Waals surface area contributed by atoms with E-state index in [1.54, 1.807) is 0 Å². The molecule has 22 heavy (non-hydrogen) atoms. The van der Waals surface area contributed by atoms with Gasteiger partial charge in [0.25, 0.3) is 0 Å². The minimum Gasteiger partial charge on any atom is -0.314 e. The van der Waals surface area contributed by atoms with Gasteiger partial charge in [-0.3, -0.25) is 4.90 Å². The van der Waals surface area contributed by atoms with Crippen LogP contribution in [0.3, 0.4) is 0 Å². The average molecular weight is 290 g/mol. The fourth-order valence-corrected chi connectivity index (χ4v) is 4.83. The van der Waals surface area contributed by atoms with Crippen molar-refractivity contribution < 1.29 is 0 Å². The molecule has 2 unspecified atom stereocenters. The highest BCUT2D eigenvalue weighted by Gasteiger charge is 2.39. The Balaban J connectivity index is 1.57. The second-order valence-electron chi connectivity index (χ2n) is 6.97. The smallest absolute Gasteiger partial charge is 0.0614 e. The zero-order chi connectivity index (χ0) is 14.5. The van der Waals surface area contributed by atoms with E-state index in [0.29, 0.717) is 6.04 Å². The Morgan fingerprint density at radius 2 is 1.55 bits per heavy atom. The molecule has 0 bridgehead atoms. The highest BCUT2D eigenvalue weighted by atomic mass is 15.2. The first-order chi connectivity index (χ1) is 10.9. The third-order valence-corrected chi connectivity index (χ3v) is 5.85. The maximum Gasteiger partial charge on any atom is 0.0614 e. The standard InChI is InChI=1S/C20H22N2/c1-3-7-17-15(5-1)16-6-2-4-8-18(16)20(17)22-12-10-19-14(13-22)9-11-21-19/h1-8,14,19-21H,9-13H2. The van der Waals surface area contributed by atoms with Crippen molar-refractivity contribution in [2.45, 2.75) is 24.9 Å². The molecule has 2 fully saturated rings. The molecule has 1 aliphatic carbocycles. The van der Waals surface area contributed by atoms with E-state index in [1.807, 2.05) is 0 Å². The van der Waals surface area contributed by atoms with Gasteiger partial charge in [-0.25, -0.2) is 0 Å². The van der Waals surface area contributed by atoms with Crippen LogP contribution in [0.2, 0.25) is 0 Å². The maximum absolute atomic E-state index is 3.68. The molecule has 0 spiro atoms. The lowest BCUT2D eigenvalue weighted by molar-refractivity contribution is 0.134. The van der Waals surface area contributed by atoms with Crippen molar-refractivity contribution in [1.29, 1.82) is 0 Å². The van der Waals surface area contributed by atoms with E-state index in [-0.39, 0.29) is 0 Å². The Labute approximate surface area is 132 Å². The van der Waals surface area contributed by atoms with Crippen molar-refractivity contribution in [3.63, 3.8) is 0 Å². The second kappa shape index (κ2) is 4.94. The highest BCUT2D eigenvalue weighted by molar-refractivity contribution is 5.78. The van der Waals surface area contributed by atoms with Gasteiger partial charge < -0.3 is 5.32 Å². The Hall–Kier alpha value is -1.64. The third kappa shape index (κ3) is 1.81. The van der Waals surface area contributed by atoms with Crippen LogP contribution in [0.4, 0.5) is 0 Å². The SMILES string of the molecule is c1ccc2c(c1)-c1ccccc1C2N1CCC2NCCC2C1. The fourth-order valence-electron chi connectivity index (χ4n) is 4.83. The van der Waals surface area contributed by atoms with Crippen LogP contribution in [-0.4, -0.2) is 30.6 Å². The van der Waals surface area contributed by atoms with E-state index < -0.39 is 0 Å². The number of hydrogen-bond donors (Lipinski definition) is 1. The number of nitrogens with zero attached hydrogens (tertiary/aromatic N) is 1. The molecule has 2 heterocycles. The summed E-state index contributed by atoms with van der Waals surface area (Å²) in [6, 6.07) is 19.2. The van der Waals surface area contributed by atoms with Gasteiger partial charge in [-0.15, -0.1) is 0 Å². The topological polar surface area (TPSA) is 15.3 Å². The van der Waals surface area contributed by atoms with Crippen LogP contribution in [0.5, 0.6) is 0 Å². The molecule has 0 radical (unpaired) electrons. The van der Waals surface area contributed by atoms with Gasteiger partial charge in [0.2, 0.25) is 0 Å². The molecule has 2 atom stereocenters. The molecule has 3 aliphatic rings. The Kier molecular flexibility index (Phi) is 2.89. The summed E-state index contributed by atoms with van der Waals surface area (Å²) >= 11 is 0. The van der Waals surface area contributed by atoms with Gasteiger partial charge in [0.15, 0.2) is 0 Å². The molecule has 0 amide bonds. The Morgan fingerprint density at radius 3 is 2.27 bits per heavy atom. The van der Waals surface area contributed by atoms with Crippen LogP contribution >= 0.6 is 0 Å². The number of rotatable bonds is 1. The normalized spacial score (nSPS) is 27.5. The zero-order valence-corrected chi connectivity index (χ0v) is 12.8. The van der Waals surface area contributed by atoms with Crippen LogP contribution in [-0.2, 0) is 0 Å². The summed E-state index contributed by atoms with van der Waals surface area (Å²) in [6.45, 7) is 3.66. The molecule has 0 saturated carbocycles. The predicted octanol–water partition coefficient (Wildman–Crippen LogP) is 3.44. The van der Waals surface area contributed by atoms with E-state index in [0.717, 1.165) is 12.0 Å². The fraction of sp³-hybridized carbons (Fsp3) is 0.400. The van der Waals surface area contributed by atoms with Crippen molar-refractivity contribution >= 4 is 0 Å². The van der Waals surface area contributed by atoms with Crippen LogP contribution in [0.15, 0.2) is 48.5 Å². The molecule has 2 heteroatoms. The molecule has 5 rings (SSSR count). The predicted molar refractivity (Wildman–Crippen MR) is 89.8 cm³/mol. The molecule has 2 aliphatic heterocycles. The first-order valence-electron chi connectivity index (χ1n) is 8.57. The van der Waals surface area contributed by atoms with E-state index in [9.17, 15) is 0 Å². The molecule has 1 N–H and O–H groups in total. The van der Waals surface area contributed by atoms with Crippen LogP contribution in [0.1, 0.15) is 30.0 Å². The Morgan fingerprint density at radius 1 is 0.864 bits per heavy atom. The number of fused-ring (bicyclic) bond motifs is 4. The van der Waals surface area contributed by atoms with Crippen LogP contribution in [0.25, 0.3) is 11.1 Å². The molecule has 2 nitrogen and oxygen atoms in total. The van der Waals surface area contributed by atoms with Crippen molar-refractivity contribution in [3.8, 4) is 11.1 Å². The first kappa shape index (κ1) is 12.9. The van der Waals surface area contributed by atoms with Gasteiger partial charge in [-0.2, -0.15) is 0 Å². The number of benzene rings is 2. The maximum atomic E-state index is 3.68. The summed E-state index contributed by atoms with van der Waals surface area (Å²) in [4.78, 5) is 2.73. The van der Waals surface area contributed by atoms with E-state index in [4.69, 9.17) is 0 Å². The third-order valence-electron chi connectivity index (χ3n) is 5.85. The number of likely N-dealkylation sites (tertiary alicyclic amines) is 1. The summed E-state index contributed by atoms with van der Waals surface area (Å²) in [7, 11) is 0. The molecule has 112 valence electrons. The minimum absolute atomic E-state index is 0.467. The molecule has 0 aromatic heterocycles. The van der Waals surface area contributed by atoms with Gasteiger partial charge >= 0.3 is 0 Å². The van der Waals surface area contributed by atoms with Crippen molar-refractivity contribution in [2.75, 3.05) is 19.6 Å². The van der Waals surface area contributed by atoms with Gasteiger partial charge in [0, 0.05) is 19.1 Å². The van der Waals surface area contributed by atoms with E-state index in [1.165, 1.54) is 54.7 Å². The number of piperidine rings is 1. The lowest BCUT2D eigenvalue weighted by Crippen LogP contribution is -2.45. The van der Waals surface area contributed by atoms with Gasteiger partial charge in [-0.1, -0.05) is 48.5 Å². The summed E-state index contributed by atoms with van der Waals surface area (Å²) < 4.78 is 0. The molecule has 2 aromatic carbocycles. The summed E-state index contributed by atoms with van der Waals surface area (Å²) in [5.74, 6) is 0.841. The minimum atomic E-state index is 0.467. The molecule has 2 saturated heterocycles. The number of hydrogen-bond acceptors (Lipinski definition) is 2. The molecule has 2 aromatic rings. The van der Waals surface area contributed by atoms with E-state index >= 15 is 0 Å². The monoisotopic (exact) mass is 290 g/mol. The average Bonchev–Trinajstić information content (AvgIpc) is 3.16. The highest BCUT2D eigenvalue weighted by Crippen LogP contribution is 2.47. The quantitative estimate of drug-likeness (QED) is 0.865. The summed E-state index contributed by atoms with van der Waals surface area (Å²) in [5.41, 5.74) is 5.89. The molecular formula is C20H22N2. The van der Waals surface area contributed by atoms with Crippen molar-refractivity contribution in [2.24, 2.45) is 5.92 Å². The van der Waals surface area contributed by atoms with E-state index in [2.05, 4.69) is 58.7 Å². The summed E-state index contributed by atoms with van der Waals surface area (Å²) in [5, 5.41) is 3.68. The van der Waals surface area contributed by atoms with Crippen LogP contribution < -0.4 is 5.32 Å². The first-order valence-corrected chi connectivity index (χ1v) is 8.57. The Bertz CT molecular complexity index is 663. The lowest BCUT2D eigenvalue weighted by Gasteiger charge is -2.39. The van der Waals surface area contributed by atoms with Gasteiger partial charge in [0.1, 0.15) is 0 Å². The zero-order valence-electron chi connectivity index (χ0n) is 12.8. The van der Waals surface area contributed by atoms with Crippen LogP contribution in [0, 0.1) is 5.92 Å². The summed E-state index contributed by atoms with van der Waals surface area (Å²) in [6.07, 6.45) is 2.64. The number of nitrogens with one attached hydrogen (secondary N) is 1. The van der Waals surface area contributed by atoms with Crippen molar-refractivity contribution in [1.82, 2.24) is 10.2 Å². The second-order valence-corrected chi connectivity index (χ2v) is 6.97. The van der Waals surface area contributed by atoms with Gasteiger partial charge in [0.05, 0.1) is 6.04 Å². The van der Waals surface area contributed by atoms with Crippen molar-refractivity contribution in [3.05, 3.63) is 59.7 Å².